The van der Waals surface area contributed by atoms with E-state index in [1.807, 2.05) is 102 Å². The van der Waals surface area contributed by atoms with Gasteiger partial charge >= 0.3 is 12.1 Å². The summed E-state index contributed by atoms with van der Waals surface area (Å²) in [6.07, 6.45) is 0.267. The van der Waals surface area contributed by atoms with Gasteiger partial charge in [0.25, 0.3) is 0 Å². The highest BCUT2D eigenvalue weighted by Crippen LogP contribution is 2.30. The molecule has 0 bridgehead atoms. The van der Waals surface area contributed by atoms with Gasteiger partial charge in [-0.25, -0.2) is 9.59 Å². The Bertz CT molecular complexity index is 1960. The number of benzene rings is 2. The van der Waals surface area contributed by atoms with Crippen molar-refractivity contribution in [3.05, 3.63) is 65.7 Å². The number of carbonyl (C=O) groups excluding carboxylic acids is 6. The van der Waals surface area contributed by atoms with E-state index >= 15 is 0 Å². The molecule has 16 heteroatoms. The Morgan fingerprint density at radius 1 is 0.824 bits per heavy atom. The fraction of sp³-hybridized carbons (Fsp3) is 0.654. The van der Waals surface area contributed by atoms with Gasteiger partial charge in [-0.3, -0.25) is 29.4 Å². The van der Waals surface area contributed by atoms with Crippen LogP contribution in [-0.4, -0.2) is 140 Å². The second-order valence-corrected chi connectivity index (χ2v) is 20.0. The molecular weight excluding hydrogens is 869 g/mol. The number of likely N-dealkylation sites (N-methyl/N-ethyl adjacent to an activating group) is 2. The molecular formula is C52H82N6O10. The zero-order valence-corrected chi connectivity index (χ0v) is 43.4. The summed E-state index contributed by atoms with van der Waals surface area (Å²) in [5.41, 5.74) is 1.65. The lowest BCUT2D eigenvalue weighted by Gasteiger charge is -2.41. The zero-order valence-electron chi connectivity index (χ0n) is 43.4. The fourth-order valence-electron chi connectivity index (χ4n) is 9.33. The molecule has 9 atom stereocenters. The molecule has 0 aliphatic carbocycles. The minimum Gasteiger partial charge on any atom is -0.467 e. The largest absolute Gasteiger partial charge is 0.467 e. The van der Waals surface area contributed by atoms with Crippen LogP contribution in [0.2, 0.25) is 0 Å². The lowest BCUT2D eigenvalue weighted by atomic mass is 9.89. The van der Waals surface area contributed by atoms with E-state index in [-0.39, 0.29) is 48.3 Å². The highest BCUT2D eigenvalue weighted by molar-refractivity contribution is 5.90. The molecule has 1 aliphatic heterocycles. The van der Waals surface area contributed by atoms with E-state index in [1.165, 1.54) is 14.2 Å². The maximum absolute atomic E-state index is 14.7. The number of rotatable bonds is 24. The first-order chi connectivity index (χ1) is 32.0. The molecule has 1 aliphatic rings. The van der Waals surface area contributed by atoms with Crippen LogP contribution in [0.15, 0.2) is 54.6 Å². The molecule has 16 nitrogen and oxygen atoms in total. The van der Waals surface area contributed by atoms with Crippen LogP contribution < -0.4 is 16.0 Å². The number of likely N-dealkylation sites (tertiary alicyclic amines) is 1. The topological polar surface area (TPSA) is 185 Å². The molecule has 1 heterocycles. The summed E-state index contributed by atoms with van der Waals surface area (Å²) in [4.78, 5) is 87.7. The third-order valence-electron chi connectivity index (χ3n) is 13.0. The number of methoxy groups -OCH3 is 3. The van der Waals surface area contributed by atoms with Crippen LogP contribution in [0.1, 0.15) is 106 Å². The molecule has 2 aromatic rings. The molecule has 0 aromatic heterocycles. The van der Waals surface area contributed by atoms with Crippen LogP contribution in [0.25, 0.3) is 0 Å². The van der Waals surface area contributed by atoms with Crippen LogP contribution in [0.3, 0.4) is 0 Å². The second kappa shape index (κ2) is 26.6. The molecule has 0 saturated carbocycles. The molecule has 380 valence electrons. The van der Waals surface area contributed by atoms with Crippen LogP contribution in [0, 0.1) is 23.7 Å². The van der Waals surface area contributed by atoms with Crippen molar-refractivity contribution in [1.82, 2.24) is 25.3 Å². The minimum atomic E-state index is -0.914. The average Bonchev–Trinajstić information content (AvgIpc) is 3.76. The lowest BCUT2D eigenvalue weighted by molar-refractivity contribution is -0.149. The van der Waals surface area contributed by atoms with E-state index in [0.717, 1.165) is 11.1 Å². The van der Waals surface area contributed by atoms with E-state index in [4.69, 9.17) is 18.9 Å². The van der Waals surface area contributed by atoms with Crippen LogP contribution in [0.4, 0.5) is 10.5 Å². The molecule has 0 radical (unpaired) electrons. The van der Waals surface area contributed by atoms with Gasteiger partial charge in [0, 0.05) is 46.5 Å². The van der Waals surface area contributed by atoms with Crippen molar-refractivity contribution in [2.45, 2.75) is 156 Å². The van der Waals surface area contributed by atoms with Crippen molar-refractivity contribution in [2.75, 3.05) is 47.3 Å². The van der Waals surface area contributed by atoms with Gasteiger partial charge in [0.05, 0.1) is 49.8 Å². The fourth-order valence-corrected chi connectivity index (χ4v) is 9.33. The van der Waals surface area contributed by atoms with Gasteiger partial charge in [-0.15, -0.1) is 0 Å². The number of amides is 5. The van der Waals surface area contributed by atoms with E-state index in [0.29, 0.717) is 38.0 Å². The summed E-state index contributed by atoms with van der Waals surface area (Å²) in [5.74, 6) is -2.97. The van der Waals surface area contributed by atoms with Crippen LogP contribution in [-0.2, 0) is 55.9 Å². The smallest absolute Gasteiger partial charge is 0.412 e. The third-order valence-corrected chi connectivity index (χ3v) is 13.0. The quantitative estimate of drug-likeness (QED) is 0.0983. The first-order valence-corrected chi connectivity index (χ1v) is 24.1. The van der Waals surface area contributed by atoms with Crippen molar-refractivity contribution >= 4 is 41.4 Å². The highest BCUT2D eigenvalue weighted by Gasteiger charge is 2.43. The molecule has 5 amide bonds. The van der Waals surface area contributed by atoms with Gasteiger partial charge < -0.3 is 39.4 Å². The number of esters is 1. The molecule has 1 unspecified atom stereocenters. The molecule has 3 N–H and O–H groups in total. The number of anilines is 1. The summed E-state index contributed by atoms with van der Waals surface area (Å²) in [5, 5.41) is 8.74. The van der Waals surface area contributed by atoms with Gasteiger partial charge in [-0.05, 0) is 81.7 Å². The molecule has 1 fully saturated rings. The predicted molar refractivity (Wildman–Crippen MR) is 263 cm³/mol. The number of nitrogens with zero attached hydrogens (tertiary/aromatic N) is 3. The number of ether oxygens (including phenoxy) is 4. The Balaban J connectivity index is 1.78. The van der Waals surface area contributed by atoms with E-state index in [1.54, 1.807) is 57.7 Å². The van der Waals surface area contributed by atoms with Gasteiger partial charge in [0.15, 0.2) is 0 Å². The van der Waals surface area contributed by atoms with Gasteiger partial charge in [-0.1, -0.05) is 97.4 Å². The highest BCUT2D eigenvalue weighted by atomic mass is 16.6. The van der Waals surface area contributed by atoms with Gasteiger partial charge in [-0.2, -0.15) is 0 Å². The number of hydrogen-bond acceptors (Lipinski definition) is 11. The first kappa shape index (κ1) is 57.3. The second-order valence-electron chi connectivity index (χ2n) is 20.0. The Morgan fingerprint density at radius 3 is 2.03 bits per heavy atom. The summed E-state index contributed by atoms with van der Waals surface area (Å²) in [6.45, 7) is 19.7. The van der Waals surface area contributed by atoms with Crippen molar-refractivity contribution in [2.24, 2.45) is 23.7 Å². The Morgan fingerprint density at radius 2 is 1.47 bits per heavy atom. The molecule has 3 rings (SSSR count). The van der Waals surface area contributed by atoms with Gasteiger partial charge in [0.1, 0.15) is 17.7 Å². The van der Waals surface area contributed by atoms with Crippen molar-refractivity contribution in [3.8, 4) is 0 Å². The normalized spacial score (nSPS) is 17.6. The van der Waals surface area contributed by atoms with Crippen molar-refractivity contribution in [3.63, 3.8) is 0 Å². The Hall–Kier alpha value is -5.06. The van der Waals surface area contributed by atoms with Crippen LogP contribution in [0.5, 0.6) is 0 Å². The van der Waals surface area contributed by atoms with Crippen molar-refractivity contribution < 1.29 is 47.7 Å². The lowest BCUT2D eigenvalue weighted by Crippen LogP contribution is -2.60. The van der Waals surface area contributed by atoms with Crippen LogP contribution >= 0.6 is 0 Å². The van der Waals surface area contributed by atoms with E-state index in [9.17, 15) is 28.8 Å². The standard InChI is InChI=1S/C52H82N6O10/c1-16-34(6)45(41(65-13)30-42(59)58-27-21-26-40(58)46(66-14)35(7)47(60)54-39(50(63)67-15)29-36-22-18-17-19-23-36)57(12)49(62)43(32(2)3)55-48(61)44(33(4)5)56(11)31-37-24-20-25-38(28-37)53-51(64)68-52(8,9)10/h17-20,22-25,28,32-35,39-41,43-46H,16,21,26-27,29-31H2,1-15H3,(H,53,64)(H,54,60)(H,55,61)/t34-,35+,39-,40?,41+,43-,44-,45-,46+/m0/s1. The van der Waals surface area contributed by atoms with E-state index in [2.05, 4.69) is 16.0 Å². The summed E-state index contributed by atoms with van der Waals surface area (Å²) >= 11 is 0. The predicted octanol–water partition coefficient (Wildman–Crippen LogP) is 6.45. The summed E-state index contributed by atoms with van der Waals surface area (Å²) < 4.78 is 22.5. The molecule has 68 heavy (non-hydrogen) atoms. The molecule has 0 spiro atoms. The number of nitrogens with one attached hydrogen (secondary N) is 3. The average molecular weight is 951 g/mol. The number of hydrogen-bond donors (Lipinski definition) is 3. The maximum Gasteiger partial charge on any atom is 0.412 e. The van der Waals surface area contributed by atoms with Crippen molar-refractivity contribution in [1.29, 1.82) is 0 Å². The molecule has 1 saturated heterocycles. The van der Waals surface area contributed by atoms with Gasteiger partial charge in [0.2, 0.25) is 23.6 Å². The third kappa shape index (κ3) is 16.3. The minimum absolute atomic E-state index is 0.0362. The monoisotopic (exact) mass is 951 g/mol. The first-order valence-electron chi connectivity index (χ1n) is 24.1. The number of carbonyl (C=O) groups is 6. The summed E-state index contributed by atoms with van der Waals surface area (Å²) in [7, 11) is 7.91. The Kier molecular flexibility index (Phi) is 22.4. The summed E-state index contributed by atoms with van der Waals surface area (Å²) in [6, 6.07) is 13.4. The SMILES string of the molecule is CC[C@H](C)[C@@H]([C@@H](CC(=O)N1CCCC1[C@H](OC)[C@@H](C)C(=O)N[C@@H](Cc1ccccc1)C(=O)OC)OC)N(C)C(=O)[C@@H](NC(=O)[C@H](C(C)C)N(C)Cc1cccc(NC(=O)OC(C)(C)C)c1)C(C)C. The Labute approximate surface area is 405 Å². The maximum atomic E-state index is 14.7. The zero-order chi connectivity index (χ0) is 51.0. The van der Waals surface area contributed by atoms with E-state index < -0.39 is 71.9 Å². The molecule has 2 aromatic carbocycles.